The maximum atomic E-state index is 12.8. The van der Waals surface area contributed by atoms with E-state index in [2.05, 4.69) is 23.3 Å². The molecule has 0 amide bonds. The number of hydrogen-bond donors (Lipinski definition) is 0. The fraction of sp³-hybridized carbons (Fsp3) is 0.130. The first kappa shape index (κ1) is 16.6. The first-order chi connectivity index (χ1) is 13.8. The zero-order valence-corrected chi connectivity index (χ0v) is 15.4. The van der Waals surface area contributed by atoms with Crippen molar-refractivity contribution in [2.75, 3.05) is 6.61 Å². The second kappa shape index (κ2) is 6.53. The third-order valence-corrected chi connectivity index (χ3v) is 4.97. The molecule has 0 atom stereocenters. The Morgan fingerprint density at radius 3 is 2.75 bits per heavy atom. The molecule has 1 aromatic heterocycles. The Balaban J connectivity index is 1.82. The maximum absolute atomic E-state index is 12.8. The van der Waals surface area contributed by atoms with Gasteiger partial charge < -0.3 is 9.47 Å². The molecule has 0 fully saturated rings. The number of benzene rings is 3. The molecule has 0 spiro atoms. The molecule has 1 aliphatic rings. The van der Waals surface area contributed by atoms with Crippen LogP contribution in [-0.4, -0.2) is 22.4 Å². The van der Waals surface area contributed by atoms with Crippen molar-refractivity contribution in [2.24, 2.45) is 0 Å². The number of carbonyl (C=O) groups is 1. The topological polar surface area (TPSA) is 53.3 Å². The van der Waals surface area contributed by atoms with E-state index in [9.17, 15) is 4.79 Å². The van der Waals surface area contributed by atoms with Crippen LogP contribution in [0.2, 0.25) is 0 Å². The molecule has 0 aliphatic carbocycles. The van der Waals surface area contributed by atoms with Gasteiger partial charge in [-0.15, -0.1) is 0 Å². The SMILES string of the molecule is CCOC(=O)c1nn2c(c1-c1cccc3ccccc13)COc1ccccc1-2. The number of fused-ring (bicyclic) bond motifs is 4. The summed E-state index contributed by atoms with van der Waals surface area (Å²) in [5.74, 6) is 0.321. The largest absolute Gasteiger partial charge is 0.485 e. The van der Waals surface area contributed by atoms with E-state index in [1.165, 1.54) is 0 Å². The second-order valence-electron chi connectivity index (χ2n) is 6.59. The fourth-order valence-electron chi connectivity index (χ4n) is 3.75. The van der Waals surface area contributed by atoms with Gasteiger partial charge >= 0.3 is 5.97 Å². The minimum absolute atomic E-state index is 0.295. The summed E-state index contributed by atoms with van der Waals surface area (Å²) in [6, 6.07) is 21.9. The molecule has 3 aromatic carbocycles. The van der Waals surface area contributed by atoms with Crippen LogP contribution in [0.25, 0.3) is 27.6 Å². The van der Waals surface area contributed by atoms with E-state index in [1.807, 2.05) is 53.2 Å². The minimum Gasteiger partial charge on any atom is -0.485 e. The maximum Gasteiger partial charge on any atom is 0.359 e. The van der Waals surface area contributed by atoms with Gasteiger partial charge in [0.2, 0.25) is 0 Å². The molecule has 2 heterocycles. The van der Waals surface area contributed by atoms with E-state index in [-0.39, 0.29) is 0 Å². The number of hydrogen-bond acceptors (Lipinski definition) is 4. The third kappa shape index (κ3) is 2.47. The van der Waals surface area contributed by atoms with Gasteiger partial charge in [0.15, 0.2) is 5.69 Å². The summed E-state index contributed by atoms with van der Waals surface area (Å²) in [4.78, 5) is 12.8. The standard InChI is InChI=1S/C23H18N2O3/c1-2-27-23(26)22-21(17-11-7-9-15-8-3-4-10-16(15)17)19-14-28-20-13-6-5-12-18(20)25(19)24-22/h3-13H,2,14H2,1H3. The molecule has 1 aliphatic heterocycles. The Kier molecular flexibility index (Phi) is 3.86. The van der Waals surface area contributed by atoms with Gasteiger partial charge in [0, 0.05) is 5.56 Å². The molecule has 0 saturated heterocycles. The molecular formula is C23H18N2O3. The van der Waals surface area contributed by atoms with E-state index in [1.54, 1.807) is 6.92 Å². The van der Waals surface area contributed by atoms with Gasteiger partial charge in [-0.05, 0) is 35.4 Å². The van der Waals surface area contributed by atoms with Crippen molar-refractivity contribution < 1.29 is 14.3 Å². The van der Waals surface area contributed by atoms with Crippen LogP contribution in [-0.2, 0) is 11.3 Å². The number of esters is 1. The monoisotopic (exact) mass is 370 g/mol. The van der Waals surface area contributed by atoms with Crippen molar-refractivity contribution in [2.45, 2.75) is 13.5 Å². The van der Waals surface area contributed by atoms with Crippen LogP contribution >= 0.6 is 0 Å². The van der Waals surface area contributed by atoms with Crippen molar-refractivity contribution in [3.8, 4) is 22.6 Å². The highest BCUT2D eigenvalue weighted by Crippen LogP contribution is 2.39. The number of carbonyl (C=O) groups excluding carboxylic acids is 1. The molecule has 0 unspecified atom stereocenters. The van der Waals surface area contributed by atoms with Crippen LogP contribution in [0, 0.1) is 0 Å². The molecule has 4 aromatic rings. The van der Waals surface area contributed by atoms with E-state index in [0.717, 1.165) is 39.0 Å². The lowest BCUT2D eigenvalue weighted by Gasteiger charge is -2.20. The van der Waals surface area contributed by atoms with Crippen LogP contribution in [0.4, 0.5) is 0 Å². The van der Waals surface area contributed by atoms with Crippen molar-refractivity contribution >= 4 is 16.7 Å². The number of aromatic nitrogens is 2. The van der Waals surface area contributed by atoms with Crippen molar-refractivity contribution in [3.63, 3.8) is 0 Å². The van der Waals surface area contributed by atoms with Gasteiger partial charge in [-0.1, -0.05) is 54.6 Å². The molecule has 0 saturated carbocycles. The molecule has 0 N–H and O–H groups in total. The smallest absolute Gasteiger partial charge is 0.359 e. The predicted molar refractivity (Wildman–Crippen MR) is 107 cm³/mol. The highest BCUT2D eigenvalue weighted by molar-refractivity contribution is 6.04. The number of para-hydroxylation sites is 2. The summed E-state index contributed by atoms with van der Waals surface area (Å²) < 4.78 is 13.1. The molecular weight excluding hydrogens is 352 g/mol. The summed E-state index contributed by atoms with van der Waals surface area (Å²) in [6.45, 7) is 2.43. The number of ether oxygens (including phenoxy) is 2. The Morgan fingerprint density at radius 2 is 1.86 bits per heavy atom. The van der Waals surface area contributed by atoms with Crippen LogP contribution in [0.5, 0.6) is 5.75 Å². The minimum atomic E-state index is -0.426. The lowest BCUT2D eigenvalue weighted by Crippen LogP contribution is -2.13. The summed E-state index contributed by atoms with van der Waals surface area (Å²) >= 11 is 0. The fourth-order valence-corrected chi connectivity index (χ4v) is 3.75. The average molecular weight is 370 g/mol. The Morgan fingerprint density at radius 1 is 1.07 bits per heavy atom. The van der Waals surface area contributed by atoms with Crippen molar-refractivity contribution in [3.05, 3.63) is 78.1 Å². The normalized spacial score (nSPS) is 12.2. The lowest BCUT2D eigenvalue weighted by molar-refractivity contribution is 0.0520. The quantitative estimate of drug-likeness (QED) is 0.488. The third-order valence-electron chi connectivity index (χ3n) is 4.97. The summed E-state index contributed by atoms with van der Waals surface area (Å²) in [5.41, 5.74) is 3.70. The summed E-state index contributed by atoms with van der Waals surface area (Å²) in [7, 11) is 0. The van der Waals surface area contributed by atoms with Gasteiger partial charge in [-0.2, -0.15) is 5.10 Å². The van der Waals surface area contributed by atoms with Crippen LogP contribution in [0.1, 0.15) is 23.1 Å². The number of nitrogens with zero attached hydrogens (tertiary/aromatic N) is 2. The number of rotatable bonds is 3. The lowest BCUT2D eigenvalue weighted by atomic mass is 9.96. The molecule has 5 rings (SSSR count). The first-order valence-corrected chi connectivity index (χ1v) is 9.27. The van der Waals surface area contributed by atoms with Crippen molar-refractivity contribution in [1.29, 1.82) is 0 Å². The van der Waals surface area contributed by atoms with Gasteiger partial charge in [-0.3, -0.25) is 0 Å². The van der Waals surface area contributed by atoms with Crippen LogP contribution < -0.4 is 4.74 Å². The van der Waals surface area contributed by atoms with E-state index < -0.39 is 5.97 Å². The molecule has 5 nitrogen and oxygen atoms in total. The van der Waals surface area contributed by atoms with Gasteiger partial charge in [-0.25, -0.2) is 9.48 Å². The average Bonchev–Trinajstić information content (AvgIpc) is 3.13. The van der Waals surface area contributed by atoms with E-state index in [0.29, 0.717) is 18.9 Å². The highest BCUT2D eigenvalue weighted by atomic mass is 16.5. The zero-order chi connectivity index (χ0) is 19.1. The Labute approximate surface area is 162 Å². The summed E-state index contributed by atoms with van der Waals surface area (Å²) in [5, 5.41) is 6.82. The van der Waals surface area contributed by atoms with E-state index in [4.69, 9.17) is 9.47 Å². The zero-order valence-electron chi connectivity index (χ0n) is 15.4. The summed E-state index contributed by atoms with van der Waals surface area (Å²) in [6.07, 6.45) is 0. The van der Waals surface area contributed by atoms with Gasteiger partial charge in [0.1, 0.15) is 18.0 Å². The molecule has 0 radical (unpaired) electrons. The molecule has 28 heavy (non-hydrogen) atoms. The second-order valence-corrected chi connectivity index (χ2v) is 6.59. The van der Waals surface area contributed by atoms with E-state index >= 15 is 0 Å². The Hall–Kier alpha value is -3.60. The van der Waals surface area contributed by atoms with Crippen LogP contribution in [0.15, 0.2) is 66.7 Å². The first-order valence-electron chi connectivity index (χ1n) is 9.27. The van der Waals surface area contributed by atoms with Crippen LogP contribution in [0.3, 0.4) is 0 Å². The van der Waals surface area contributed by atoms with Crippen molar-refractivity contribution in [1.82, 2.24) is 9.78 Å². The molecule has 5 heteroatoms. The predicted octanol–water partition coefficient (Wildman–Crippen LogP) is 4.76. The highest BCUT2D eigenvalue weighted by Gasteiger charge is 2.30. The van der Waals surface area contributed by atoms with Gasteiger partial charge in [0.25, 0.3) is 0 Å². The molecule has 0 bridgehead atoms. The Bertz CT molecular complexity index is 1200. The van der Waals surface area contributed by atoms with Gasteiger partial charge in [0.05, 0.1) is 12.3 Å². The molecule has 138 valence electrons.